The summed E-state index contributed by atoms with van der Waals surface area (Å²) < 4.78 is 4.92. The topological polar surface area (TPSA) is 39.2 Å². The first kappa shape index (κ1) is 14.1. The summed E-state index contributed by atoms with van der Waals surface area (Å²) >= 11 is 3.21. The third-order valence-corrected chi connectivity index (χ3v) is 4.47. The first-order valence-corrected chi connectivity index (χ1v) is 7.86. The molecule has 0 aliphatic carbocycles. The normalized spacial score (nSPS) is 10.4. The van der Waals surface area contributed by atoms with Gasteiger partial charge in [-0.3, -0.25) is 0 Å². The van der Waals surface area contributed by atoms with Crippen LogP contribution in [0.1, 0.15) is 28.0 Å². The predicted molar refractivity (Wildman–Crippen MR) is 78.8 cm³/mol. The standard InChI is InChI=1S/C14H15NO2S2/c1-3-17-14(16)12-8-19-13(15-12)9-18-11-6-4-10(2)5-7-11/h4-8H,3,9H2,1-2H3. The van der Waals surface area contributed by atoms with Crippen molar-refractivity contribution in [2.45, 2.75) is 24.5 Å². The quantitative estimate of drug-likeness (QED) is 0.618. The van der Waals surface area contributed by atoms with E-state index in [9.17, 15) is 4.79 Å². The van der Waals surface area contributed by atoms with Crippen LogP contribution < -0.4 is 0 Å². The zero-order chi connectivity index (χ0) is 13.7. The fraction of sp³-hybridized carbons (Fsp3) is 0.286. The molecule has 0 saturated carbocycles. The molecular formula is C14H15NO2S2. The number of aromatic nitrogens is 1. The lowest BCUT2D eigenvalue weighted by molar-refractivity contribution is 0.0520. The minimum atomic E-state index is -0.342. The van der Waals surface area contributed by atoms with E-state index in [0.717, 1.165) is 10.8 Å². The van der Waals surface area contributed by atoms with Crippen molar-refractivity contribution in [3.05, 3.63) is 45.9 Å². The third-order valence-electron chi connectivity index (χ3n) is 2.42. The first-order valence-electron chi connectivity index (χ1n) is 6.00. The monoisotopic (exact) mass is 293 g/mol. The van der Waals surface area contributed by atoms with Crippen LogP contribution in [0.3, 0.4) is 0 Å². The van der Waals surface area contributed by atoms with Gasteiger partial charge >= 0.3 is 5.97 Å². The van der Waals surface area contributed by atoms with Crippen molar-refractivity contribution in [3.8, 4) is 0 Å². The molecule has 0 aliphatic rings. The van der Waals surface area contributed by atoms with Crippen LogP contribution in [-0.4, -0.2) is 17.6 Å². The van der Waals surface area contributed by atoms with Crippen LogP contribution in [0.2, 0.25) is 0 Å². The second kappa shape index (κ2) is 6.73. The number of esters is 1. The summed E-state index contributed by atoms with van der Waals surface area (Å²) in [6, 6.07) is 8.38. The second-order valence-electron chi connectivity index (χ2n) is 3.95. The summed E-state index contributed by atoms with van der Waals surface area (Å²) in [6.07, 6.45) is 0. The van der Waals surface area contributed by atoms with Gasteiger partial charge in [0.2, 0.25) is 0 Å². The van der Waals surface area contributed by atoms with Gasteiger partial charge in [0.1, 0.15) is 5.01 Å². The Balaban J connectivity index is 1.93. The Kier molecular flexibility index (Phi) is 4.99. The van der Waals surface area contributed by atoms with Gasteiger partial charge in [-0.15, -0.1) is 23.1 Å². The highest BCUT2D eigenvalue weighted by Crippen LogP contribution is 2.24. The lowest BCUT2D eigenvalue weighted by Gasteiger charge is -1.99. The van der Waals surface area contributed by atoms with E-state index in [1.54, 1.807) is 24.1 Å². The van der Waals surface area contributed by atoms with E-state index in [1.807, 2.05) is 0 Å². The molecule has 1 aromatic carbocycles. The number of carbonyl (C=O) groups excluding carboxylic acids is 1. The lowest BCUT2D eigenvalue weighted by Crippen LogP contribution is -2.04. The highest BCUT2D eigenvalue weighted by Gasteiger charge is 2.11. The van der Waals surface area contributed by atoms with Crippen molar-refractivity contribution in [1.82, 2.24) is 4.98 Å². The highest BCUT2D eigenvalue weighted by molar-refractivity contribution is 7.98. The molecule has 2 aromatic rings. The molecule has 0 N–H and O–H groups in total. The molecular weight excluding hydrogens is 278 g/mol. The summed E-state index contributed by atoms with van der Waals surface area (Å²) in [7, 11) is 0. The Bertz CT molecular complexity index is 549. The van der Waals surface area contributed by atoms with E-state index >= 15 is 0 Å². The fourth-order valence-corrected chi connectivity index (χ4v) is 3.14. The lowest BCUT2D eigenvalue weighted by atomic mass is 10.2. The van der Waals surface area contributed by atoms with E-state index < -0.39 is 0 Å². The Labute approximate surface area is 121 Å². The van der Waals surface area contributed by atoms with Gasteiger partial charge in [-0.05, 0) is 26.0 Å². The summed E-state index contributed by atoms with van der Waals surface area (Å²) in [4.78, 5) is 17.0. The number of aryl methyl sites for hydroxylation is 1. The summed E-state index contributed by atoms with van der Waals surface area (Å²) in [5.74, 6) is 0.429. The van der Waals surface area contributed by atoms with Gasteiger partial charge in [0.05, 0.1) is 12.4 Å². The van der Waals surface area contributed by atoms with Gasteiger partial charge in [-0.25, -0.2) is 9.78 Å². The van der Waals surface area contributed by atoms with Crippen LogP contribution in [0.5, 0.6) is 0 Å². The Hall–Kier alpha value is -1.33. The number of carbonyl (C=O) groups is 1. The number of nitrogens with zero attached hydrogens (tertiary/aromatic N) is 1. The number of rotatable bonds is 5. The highest BCUT2D eigenvalue weighted by atomic mass is 32.2. The molecule has 100 valence electrons. The Morgan fingerprint density at radius 2 is 2.11 bits per heavy atom. The predicted octanol–water partition coefficient (Wildman–Crippen LogP) is 3.92. The summed E-state index contributed by atoms with van der Waals surface area (Å²) in [6.45, 7) is 4.24. The van der Waals surface area contributed by atoms with Crippen LogP contribution in [0.4, 0.5) is 0 Å². The third kappa shape index (κ3) is 4.08. The SMILES string of the molecule is CCOC(=O)c1csc(CSc2ccc(C)cc2)n1. The number of thiazole rings is 1. The van der Waals surface area contributed by atoms with Gasteiger partial charge in [-0.1, -0.05) is 17.7 Å². The molecule has 5 heteroatoms. The van der Waals surface area contributed by atoms with Crippen molar-refractivity contribution in [2.75, 3.05) is 6.61 Å². The van der Waals surface area contributed by atoms with Gasteiger partial charge < -0.3 is 4.74 Å². The van der Waals surface area contributed by atoms with Gasteiger partial charge in [0.25, 0.3) is 0 Å². The summed E-state index contributed by atoms with van der Waals surface area (Å²) in [5.41, 5.74) is 1.66. The second-order valence-corrected chi connectivity index (χ2v) is 5.94. The van der Waals surface area contributed by atoms with E-state index in [2.05, 4.69) is 36.2 Å². The van der Waals surface area contributed by atoms with E-state index in [0.29, 0.717) is 12.3 Å². The van der Waals surface area contributed by atoms with Crippen molar-refractivity contribution >= 4 is 29.1 Å². The van der Waals surface area contributed by atoms with Crippen molar-refractivity contribution in [2.24, 2.45) is 0 Å². The van der Waals surface area contributed by atoms with E-state index in [1.165, 1.54) is 21.8 Å². The molecule has 0 fully saturated rings. The van der Waals surface area contributed by atoms with Crippen LogP contribution in [-0.2, 0) is 10.5 Å². The van der Waals surface area contributed by atoms with Crippen molar-refractivity contribution in [1.29, 1.82) is 0 Å². The van der Waals surface area contributed by atoms with Crippen LogP contribution in [0.15, 0.2) is 34.5 Å². The zero-order valence-corrected chi connectivity index (χ0v) is 12.5. The maximum atomic E-state index is 11.5. The Morgan fingerprint density at radius 1 is 1.37 bits per heavy atom. The van der Waals surface area contributed by atoms with Crippen LogP contribution in [0.25, 0.3) is 0 Å². The Morgan fingerprint density at radius 3 is 2.79 bits per heavy atom. The van der Waals surface area contributed by atoms with Gasteiger partial charge in [-0.2, -0.15) is 0 Å². The molecule has 0 radical (unpaired) electrons. The van der Waals surface area contributed by atoms with Crippen LogP contribution in [0, 0.1) is 6.92 Å². The average Bonchev–Trinajstić information content (AvgIpc) is 2.87. The number of benzene rings is 1. The van der Waals surface area contributed by atoms with Gasteiger partial charge in [0, 0.05) is 10.3 Å². The van der Waals surface area contributed by atoms with E-state index in [-0.39, 0.29) is 5.97 Å². The molecule has 19 heavy (non-hydrogen) atoms. The number of thioether (sulfide) groups is 1. The first-order chi connectivity index (χ1) is 9.19. The molecule has 3 nitrogen and oxygen atoms in total. The van der Waals surface area contributed by atoms with Gasteiger partial charge in [0.15, 0.2) is 5.69 Å². The minimum Gasteiger partial charge on any atom is -0.461 e. The maximum absolute atomic E-state index is 11.5. The minimum absolute atomic E-state index is 0.342. The molecule has 0 bridgehead atoms. The number of ether oxygens (including phenoxy) is 1. The average molecular weight is 293 g/mol. The zero-order valence-electron chi connectivity index (χ0n) is 10.9. The summed E-state index contributed by atoms with van der Waals surface area (Å²) in [5, 5.41) is 2.69. The molecule has 2 rings (SSSR count). The fourth-order valence-electron chi connectivity index (χ4n) is 1.46. The molecule has 0 amide bonds. The van der Waals surface area contributed by atoms with E-state index in [4.69, 9.17) is 4.74 Å². The molecule has 0 aliphatic heterocycles. The largest absolute Gasteiger partial charge is 0.461 e. The molecule has 0 unspecified atom stereocenters. The van der Waals surface area contributed by atoms with Crippen LogP contribution >= 0.6 is 23.1 Å². The molecule has 1 aromatic heterocycles. The molecule has 1 heterocycles. The van der Waals surface area contributed by atoms with Crippen molar-refractivity contribution in [3.63, 3.8) is 0 Å². The maximum Gasteiger partial charge on any atom is 0.357 e. The number of hydrogen-bond donors (Lipinski definition) is 0. The number of hydrogen-bond acceptors (Lipinski definition) is 5. The molecule has 0 spiro atoms. The molecule has 0 saturated heterocycles. The van der Waals surface area contributed by atoms with Crippen molar-refractivity contribution < 1.29 is 9.53 Å². The molecule has 0 atom stereocenters. The smallest absolute Gasteiger partial charge is 0.357 e.